The fraction of sp³-hybridized carbons (Fsp3) is 0.720. The molecule has 3 unspecified atom stereocenters. The highest BCUT2D eigenvalue weighted by atomic mass is 31.3. The average molecular weight is 1030 g/mol. The zero-order chi connectivity index (χ0) is 51.3. The summed E-state index contributed by atoms with van der Waals surface area (Å²) in [7, 11) is -10.9. The number of nitrogen functional groups attached to an aromatic ring is 1. The molecule has 18 nitrogen and oxygen atoms in total. The van der Waals surface area contributed by atoms with Crippen molar-refractivity contribution in [3.05, 3.63) is 71.4 Å². The summed E-state index contributed by atoms with van der Waals surface area (Å²) in [5, 5.41) is 20.9. The van der Waals surface area contributed by atoms with Gasteiger partial charge in [0, 0.05) is 19.0 Å². The van der Waals surface area contributed by atoms with Crippen molar-refractivity contribution in [1.82, 2.24) is 9.55 Å². The Morgan fingerprint density at radius 2 is 1.17 bits per heavy atom. The molecule has 1 saturated heterocycles. The van der Waals surface area contributed by atoms with Crippen LogP contribution in [0.4, 0.5) is 5.82 Å². The highest BCUT2D eigenvalue weighted by molar-refractivity contribution is 7.61. The van der Waals surface area contributed by atoms with Crippen LogP contribution in [0.5, 0.6) is 0 Å². The second-order valence-corrected chi connectivity index (χ2v) is 20.7. The quantitative estimate of drug-likeness (QED) is 0.0176. The van der Waals surface area contributed by atoms with E-state index in [2.05, 4.69) is 59.6 Å². The van der Waals surface area contributed by atoms with E-state index in [9.17, 15) is 43.5 Å². The first-order valence-corrected chi connectivity index (χ1v) is 28.6. The van der Waals surface area contributed by atoms with Crippen LogP contribution in [0, 0.1) is 0 Å². The number of phosphoric acid groups is 2. The van der Waals surface area contributed by atoms with Gasteiger partial charge in [0.15, 0.2) is 12.3 Å². The van der Waals surface area contributed by atoms with E-state index in [1.54, 1.807) is 0 Å². The van der Waals surface area contributed by atoms with Crippen molar-refractivity contribution in [3.8, 4) is 0 Å². The van der Waals surface area contributed by atoms with Crippen molar-refractivity contribution in [2.45, 2.75) is 211 Å². The summed E-state index contributed by atoms with van der Waals surface area (Å²) in [6.07, 6.45) is 36.2. The zero-order valence-corrected chi connectivity index (χ0v) is 43.6. The molecule has 6 N–H and O–H groups in total. The van der Waals surface area contributed by atoms with Crippen LogP contribution < -0.4 is 11.4 Å². The van der Waals surface area contributed by atoms with Crippen molar-refractivity contribution in [2.24, 2.45) is 0 Å². The predicted octanol–water partition coefficient (Wildman–Crippen LogP) is 10.6. The fourth-order valence-corrected chi connectivity index (χ4v) is 9.53. The minimum atomic E-state index is -5.43. The molecule has 0 bridgehead atoms. The molecule has 0 amide bonds. The van der Waals surface area contributed by atoms with E-state index in [0.29, 0.717) is 19.3 Å². The third kappa shape index (κ3) is 30.6. The first-order valence-electron chi connectivity index (χ1n) is 25.6. The maximum atomic E-state index is 12.9. The molecule has 0 saturated carbocycles. The van der Waals surface area contributed by atoms with Gasteiger partial charge in [-0.2, -0.15) is 9.29 Å². The van der Waals surface area contributed by atoms with Crippen LogP contribution in [0.15, 0.2) is 65.7 Å². The second-order valence-electron chi connectivity index (χ2n) is 17.7. The first-order chi connectivity index (χ1) is 33.7. The third-order valence-electron chi connectivity index (χ3n) is 11.4. The van der Waals surface area contributed by atoms with Gasteiger partial charge in [0.25, 0.3) is 0 Å². The van der Waals surface area contributed by atoms with Gasteiger partial charge in [0.2, 0.25) is 0 Å². The summed E-state index contributed by atoms with van der Waals surface area (Å²) in [5.41, 5.74) is 4.59. The lowest BCUT2D eigenvalue weighted by Crippen LogP contribution is -2.36. The number of esters is 2. The van der Waals surface area contributed by atoms with Gasteiger partial charge in [0.05, 0.1) is 13.2 Å². The average Bonchev–Trinajstić information content (AvgIpc) is 3.59. The second kappa shape index (κ2) is 38.4. The topological polar surface area (TPSA) is 265 Å². The Labute approximate surface area is 416 Å². The minimum Gasteiger partial charge on any atom is -0.462 e. The SMILES string of the molecule is CCCCC/C=C\C/C=C\C/C=C\C/C=C\CCCC(=O)OC[C@H](COP(=O)(O)OP(=O)(O)OC[C@H]1O[C@@H](n2ccc(N)nc2=O)C(O)[C@H]1O)OC(=O)CCCCCCCCCCCCCCCCC. The van der Waals surface area contributed by atoms with E-state index in [1.165, 1.54) is 89.5 Å². The molecule has 0 aromatic carbocycles. The van der Waals surface area contributed by atoms with E-state index >= 15 is 0 Å². The Morgan fingerprint density at radius 3 is 1.73 bits per heavy atom. The van der Waals surface area contributed by atoms with Gasteiger partial charge in [-0.15, -0.1) is 0 Å². The first kappa shape index (κ1) is 62.8. The lowest BCUT2D eigenvalue weighted by atomic mass is 10.0. The summed E-state index contributed by atoms with van der Waals surface area (Å²) in [6, 6.07) is 1.25. The van der Waals surface area contributed by atoms with Gasteiger partial charge in [-0.1, -0.05) is 165 Å². The Balaban J connectivity index is 1.82. The molecule has 1 aliphatic rings. The van der Waals surface area contributed by atoms with Crippen LogP contribution in [0.25, 0.3) is 0 Å². The Kier molecular flexibility index (Phi) is 34.4. The molecule has 400 valence electrons. The molecule has 2 rings (SSSR count). The maximum absolute atomic E-state index is 12.9. The van der Waals surface area contributed by atoms with Crippen molar-refractivity contribution < 1.29 is 66.3 Å². The number of phosphoric ester groups is 2. The zero-order valence-electron chi connectivity index (χ0n) is 41.8. The number of aromatic nitrogens is 2. The molecule has 1 fully saturated rings. The molecular formula is C50H85N3O15P2. The standard InChI is InChI=1S/C50H85N3O15P2/c1-3-5-7-9-11-13-15-17-19-20-22-23-25-27-29-31-33-35-45(54)63-39-42(66-46(55)36-34-32-30-28-26-24-21-18-16-14-12-10-8-6-4-2)40-64-69(59,60)68-70(61,62)65-41-43-47(56)48(57)49(67-43)53-38-37-44(51)52-50(53)58/h11,13,17,19,22-23,27,29,37-38,42-43,47-49,56-57H,3-10,12,14-16,18,20-21,24-26,28,30-36,39-41H2,1-2H3,(H,59,60)(H,61,62)(H2,51,52,58)/b13-11-,19-17-,23-22-,29-27-/t42-,43-,47+,48?,49-/m1/s1. The van der Waals surface area contributed by atoms with E-state index in [4.69, 9.17) is 29.0 Å². The largest absolute Gasteiger partial charge is 0.481 e. The Hall–Kier alpha value is -3.28. The molecule has 7 atom stereocenters. The molecule has 0 radical (unpaired) electrons. The number of aliphatic hydroxyl groups is 2. The summed E-state index contributed by atoms with van der Waals surface area (Å²) >= 11 is 0. The number of rotatable bonds is 42. The molecule has 0 aliphatic carbocycles. The number of nitrogens with two attached hydrogens (primary N) is 1. The summed E-state index contributed by atoms with van der Waals surface area (Å²) < 4.78 is 56.7. The van der Waals surface area contributed by atoms with Gasteiger partial charge < -0.3 is 39.9 Å². The van der Waals surface area contributed by atoms with Crippen LogP contribution in [-0.2, 0) is 46.3 Å². The summed E-state index contributed by atoms with van der Waals surface area (Å²) in [4.78, 5) is 61.9. The summed E-state index contributed by atoms with van der Waals surface area (Å²) in [5.74, 6) is -1.36. The molecule has 20 heteroatoms. The van der Waals surface area contributed by atoms with Crippen LogP contribution in [-0.4, -0.2) is 85.7 Å². The molecule has 0 spiro atoms. The van der Waals surface area contributed by atoms with Gasteiger partial charge in [-0.05, 0) is 57.4 Å². The van der Waals surface area contributed by atoms with Gasteiger partial charge in [-0.25, -0.2) is 13.9 Å². The predicted molar refractivity (Wildman–Crippen MR) is 270 cm³/mol. The van der Waals surface area contributed by atoms with Crippen LogP contribution >= 0.6 is 15.6 Å². The van der Waals surface area contributed by atoms with E-state index in [0.717, 1.165) is 62.1 Å². The van der Waals surface area contributed by atoms with Crippen LogP contribution in [0.1, 0.15) is 187 Å². The molecular weight excluding hydrogens is 945 g/mol. The highest BCUT2D eigenvalue weighted by Crippen LogP contribution is 2.60. The lowest BCUT2D eigenvalue weighted by molar-refractivity contribution is -0.161. The number of ether oxygens (including phenoxy) is 3. The van der Waals surface area contributed by atoms with Crippen LogP contribution in [0.3, 0.4) is 0 Å². The minimum absolute atomic E-state index is 0.0405. The molecule has 1 aromatic rings. The number of hydrogen-bond acceptors (Lipinski definition) is 15. The number of unbranched alkanes of at least 4 members (excludes halogenated alkanes) is 18. The number of allylic oxidation sites excluding steroid dienone is 8. The van der Waals surface area contributed by atoms with Gasteiger partial charge in [-0.3, -0.25) is 23.2 Å². The molecule has 1 aliphatic heterocycles. The van der Waals surface area contributed by atoms with Gasteiger partial charge in [0.1, 0.15) is 30.7 Å². The van der Waals surface area contributed by atoms with E-state index in [1.807, 2.05) is 12.2 Å². The number of aliphatic hydroxyl groups excluding tert-OH is 2. The summed E-state index contributed by atoms with van der Waals surface area (Å²) in [6.45, 7) is 2.09. The Morgan fingerprint density at radius 1 is 0.686 bits per heavy atom. The molecule has 1 aromatic heterocycles. The van der Waals surface area contributed by atoms with Crippen LogP contribution in [0.2, 0.25) is 0 Å². The van der Waals surface area contributed by atoms with E-state index < -0.39 is 83.7 Å². The monoisotopic (exact) mass is 1030 g/mol. The smallest absolute Gasteiger partial charge is 0.462 e. The Bertz CT molecular complexity index is 1860. The number of nitrogens with zero attached hydrogens (tertiary/aromatic N) is 2. The van der Waals surface area contributed by atoms with Crippen molar-refractivity contribution in [1.29, 1.82) is 0 Å². The normalized spacial score (nSPS) is 19.6. The number of carbonyl (C=O) groups excluding carboxylic acids is 2. The van der Waals surface area contributed by atoms with Gasteiger partial charge >= 0.3 is 33.3 Å². The maximum Gasteiger partial charge on any atom is 0.481 e. The van der Waals surface area contributed by atoms with Crippen molar-refractivity contribution >= 4 is 33.4 Å². The number of carbonyl (C=O) groups is 2. The van der Waals surface area contributed by atoms with Crippen molar-refractivity contribution in [2.75, 3.05) is 25.6 Å². The lowest BCUT2D eigenvalue weighted by Gasteiger charge is -2.21. The molecule has 70 heavy (non-hydrogen) atoms. The van der Waals surface area contributed by atoms with E-state index in [-0.39, 0.29) is 18.7 Å². The number of anilines is 1. The van der Waals surface area contributed by atoms with Crippen molar-refractivity contribution in [3.63, 3.8) is 0 Å². The molecule has 2 heterocycles. The number of hydrogen-bond donors (Lipinski definition) is 5. The fourth-order valence-electron chi connectivity index (χ4n) is 7.42. The highest BCUT2D eigenvalue weighted by Gasteiger charge is 2.46. The third-order valence-corrected chi connectivity index (χ3v) is 14.0.